The van der Waals surface area contributed by atoms with Gasteiger partial charge in [0, 0.05) is 6.54 Å². The number of aromatic nitrogens is 1. The van der Waals surface area contributed by atoms with Gasteiger partial charge >= 0.3 is 5.97 Å². The highest BCUT2D eigenvalue weighted by atomic mass is 32.1. The average molecular weight is 290 g/mol. The molecule has 0 amide bonds. The molecule has 20 heavy (non-hydrogen) atoms. The van der Waals surface area contributed by atoms with E-state index in [1.165, 1.54) is 17.1 Å². The molecule has 1 N–H and O–H groups in total. The van der Waals surface area contributed by atoms with Crippen LogP contribution in [0.15, 0.2) is 24.3 Å². The van der Waals surface area contributed by atoms with Crippen molar-refractivity contribution >= 4 is 22.5 Å². The summed E-state index contributed by atoms with van der Waals surface area (Å²) in [5.74, 6) is -0.315. The lowest BCUT2D eigenvalue weighted by Gasteiger charge is -2.07. The minimum absolute atomic E-state index is 0.315. The van der Waals surface area contributed by atoms with Crippen LogP contribution in [-0.2, 0) is 11.3 Å². The van der Waals surface area contributed by atoms with Gasteiger partial charge in [0.25, 0.3) is 0 Å². The molecule has 2 rings (SSSR count). The van der Waals surface area contributed by atoms with Crippen LogP contribution >= 0.6 is 11.5 Å². The minimum atomic E-state index is -0.315. The number of hydrogen-bond donors (Lipinski definition) is 1. The Kier molecular flexibility index (Phi) is 4.74. The predicted octanol–water partition coefficient (Wildman–Crippen LogP) is 3.55. The fraction of sp³-hybridized carbons (Fsp3) is 0.333. The third-order valence-electron chi connectivity index (χ3n) is 2.92. The number of anilines is 1. The largest absolute Gasteiger partial charge is 0.462 e. The number of ether oxygens (including phenoxy) is 1. The summed E-state index contributed by atoms with van der Waals surface area (Å²) in [7, 11) is 0. The van der Waals surface area contributed by atoms with Crippen LogP contribution in [0.5, 0.6) is 0 Å². The molecule has 0 bridgehead atoms. The molecule has 0 saturated carbocycles. The second kappa shape index (κ2) is 6.52. The molecule has 0 aliphatic heterocycles. The van der Waals surface area contributed by atoms with E-state index in [2.05, 4.69) is 40.9 Å². The standard InChI is InChI=1S/C15H18N2O2S/c1-4-19-15(18)13-11(3)17-20-14(13)16-9-12-7-5-10(2)6-8-12/h5-8,16H,4,9H2,1-3H3. The van der Waals surface area contributed by atoms with Gasteiger partial charge in [0.15, 0.2) is 0 Å². The SMILES string of the molecule is CCOC(=O)c1c(C)nsc1NCc1ccc(C)cc1. The van der Waals surface area contributed by atoms with Crippen LogP contribution in [0.3, 0.4) is 0 Å². The lowest BCUT2D eigenvalue weighted by atomic mass is 10.1. The van der Waals surface area contributed by atoms with Gasteiger partial charge in [-0.05, 0) is 37.9 Å². The van der Waals surface area contributed by atoms with Crippen molar-refractivity contribution < 1.29 is 9.53 Å². The van der Waals surface area contributed by atoms with Crippen molar-refractivity contribution in [3.63, 3.8) is 0 Å². The molecule has 1 aromatic carbocycles. The molecule has 0 saturated heterocycles. The van der Waals surface area contributed by atoms with E-state index in [4.69, 9.17) is 4.74 Å². The van der Waals surface area contributed by atoms with Crippen LogP contribution < -0.4 is 5.32 Å². The summed E-state index contributed by atoms with van der Waals surface area (Å²) in [6.07, 6.45) is 0. The molecule has 4 nitrogen and oxygen atoms in total. The number of hydrogen-bond acceptors (Lipinski definition) is 5. The molecule has 0 spiro atoms. The molecule has 106 valence electrons. The van der Waals surface area contributed by atoms with Crippen molar-refractivity contribution in [2.24, 2.45) is 0 Å². The maximum Gasteiger partial charge on any atom is 0.343 e. The average Bonchev–Trinajstić information content (AvgIpc) is 2.79. The topological polar surface area (TPSA) is 51.2 Å². The molecule has 0 aliphatic carbocycles. The Morgan fingerprint density at radius 2 is 2.00 bits per heavy atom. The van der Waals surface area contributed by atoms with Gasteiger partial charge in [0.2, 0.25) is 0 Å². The van der Waals surface area contributed by atoms with Crippen molar-refractivity contribution in [1.82, 2.24) is 4.37 Å². The van der Waals surface area contributed by atoms with E-state index in [1.54, 1.807) is 6.92 Å². The van der Waals surface area contributed by atoms with E-state index >= 15 is 0 Å². The van der Waals surface area contributed by atoms with E-state index < -0.39 is 0 Å². The van der Waals surface area contributed by atoms with Crippen molar-refractivity contribution in [1.29, 1.82) is 0 Å². The Hall–Kier alpha value is -1.88. The first-order valence-corrected chi connectivity index (χ1v) is 7.32. The maximum absolute atomic E-state index is 11.9. The molecule has 1 heterocycles. The van der Waals surface area contributed by atoms with Crippen LogP contribution in [0.1, 0.15) is 34.1 Å². The monoisotopic (exact) mass is 290 g/mol. The number of carbonyl (C=O) groups excluding carboxylic acids is 1. The zero-order valence-corrected chi connectivity index (χ0v) is 12.7. The fourth-order valence-corrected chi connectivity index (χ4v) is 2.60. The summed E-state index contributed by atoms with van der Waals surface area (Å²) in [6, 6.07) is 8.28. The highest BCUT2D eigenvalue weighted by Crippen LogP contribution is 2.25. The van der Waals surface area contributed by atoms with Gasteiger partial charge < -0.3 is 10.1 Å². The Morgan fingerprint density at radius 1 is 1.30 bits per heavy atom. The number of nitrogens with one attached hydrogen (secondary N) is 1. The molecular formula is C15H18N2O2S. The predicted molar refractivity (Wildman–Crippen MR) is 81.3 cm³/mol. The Bertz CT molecular complexity index is 590. The fourth-order valence-electron chi connectivity index (χ4n) is 1.82. The second-order valence-corrected chi connectivity index (χ2v) is 5.31. The number of aryl methyl sites for hydroxylation is 2. The summed E-state index contributed by atoms with van der Waals surface area (Å²) in [4.78, 5) is 11.9. The Labute approximate surface area is 123 Å². The van der Waals surface area contributed by atoms with Crippen molar-refractivity contribution in [2.75, 3.05) is 11.9 Å². The van der Waals surface area contributed by atoms with Crippen LogP contribution in [0.25, 0.3) is 0 Å². The number of esters is 1. The van der Waals surface area contributed by atoms with Crippen LogP contribution in [0.2, 0.25) is 0 Å². The van der Waals surface area contributed by atoms with Gasteiger partial charge in [-0.3, -0.25) is 0 Å². The molecule has 5 heteroatoms. The second-order valence-electron chi connectivity index (χ2n) is 4.53. The Balaban J connectivity index is 2.10. The highest BCUT2D eigenvalue weighted by Gasteiger charge is 2.19. The summed E-state index contributed by atoms with van der Waals surface area (Å²) in [6.45, 7) is 6.70. The quantitative estimate of drug-likeness (QED) is 0.856. The number of carbonyl (C=O) groups is 1. The van der Waals surface area contributed by atoms with Gasteiger partial charge in [0.05, 0.1) is 12.3 Å². The first-order chi connectivity index (χ1) is 9.61. The third-order valence-corrected chi connectivity index (χ3v) is 3.81. The van der Waals surface area contributed by atoms with Crippen LogP contribution in [0, 0.1) is 13.8 Å². The number of nitrogens with zero attached hydrogens (tertiary/aromatic N) is 1. The normalized spacial score (nSPS) is 10.3. The lowest BCUT2D eigenvalue weighted by Crippen LogP contribution is -2.09. The van der Waals surface area contributed by atoms with Crippen LogP contribution in [-0.4, -0.2) is 16.9 Å². The van der Waals surface area contributed by atoms with E-state index in [0.29, 0.717) is 24.4 Å². The van der Waals surface area contributed by atoms with Gasteiger partial charge in [-0.25, -0.2) is 4.79 Å². The van der Waals surface area contributed by atoms with Gasteiger partial charge in [-0.1, -0.05) is 29.8 Å². The zero-order chi connectivity index (χ0) is 14.5. The smallest absolute Gasteiger partial charge is 0.343 e. The summed E-state index contributed by atoms with van der Waals surface area (Å²) in [5.41, 5.74) is 3.65. The summed E-state index contributed by atoms with van der Waals surface area (Å²) in [5, 5.41) is 4.03. The first kappa shape index (κ1) is 14.5. The Morgan fingerprint density at radius 3 is 2.65 bits per heavy atom. The van der Waals surface area contributed by atoms with E-state index in [0.717, 1.165) is 10.6 Å². The maximum atomic E-state index is 11.9. The molecule has 2 aromatic rings. The molecule has 1 aromatic heterocycles. The van der Waals surface area contributed by atoms with Crippen molar-refractivity contribution in [3.8, 4) is 0 Å². The number of rotatable bonds is 5. The highest BCUT2D eigenvalue weighted by molar-refractivity contribution is 7.10. The van der Waals surface area contributed by atoms with Crippen molar-refractivity contribution in [2.45, 2.75) is 27.3 Å². The van der Waals surface area contributed by atoms with Gasteiger partial charge in [-0.15, -0.1) is 0 Å². The van der Waals surface area contributed by atoms with E-state index in [9.17, 15) is 4.79 Å². The summed E-state index contributed by atoms with van der Waals surface area (Å²) < 4.78 is 9.29. The molecular weight excluding hydrogens is 272 g/mol. The van der Waals surface area contributed by atoms with E-state index in [-0.39, 0.29) is 5.97 Å². The summed E-state index contributed by atoms with van der Waals surface area (Å²) >= 11 is 1.29. The minimum Gasteiger partial charge on any atom is -0.462 e. The van der Waals surface area contributed by atoms with Gasteiger partial charge in [0.1, 0.15) is 10.6 Å². The molecule has 0 radical (unpaired) electrons. The molecule has 0 unspecified atom stereocenters. The number of benzene rings is 1. The first-order valence-electron chi connectivity index (χ1n) is 6.54. The van der Waals surface area contributed by atoms with Gasteiger partial charge in [-0.2, -0.15) is 4.37 Å². The molecule has 0 aliphatic rings. The zero-order valence-electron chi connectivity index (χ0n) is 11.9. The van der Waals surface area contributed by atoms with Crippen molar-refractivity contribution in [3.05, 3.63) is 46.6 Å². The van der Waals surface area contributed by atoms with Crippen LogP contribution in [0.4, 0.5) is 5.00 Å². The third kappa shape index (κ3) is 3.36. The lowest BCUT2D eigenvalue weighted by molar-refractivity contribution is 0.0527. The molecule has 0 fully saturated rings. The van der Waals surface area contributed by atoms with E-state index in [1.807, 2.05) is 6.92 Å². The molecule has 0 atom stereocenters.